The van der Waals surface area contributed by atoms with Crippen molar-refractivity contribution in [1.29, 1.82) is 0 Å². The van der Waals surface area contributed by atoms with Gasteiger partial charge in [-0.15, -0.1) is 0 Å². The molecule has 0 spiro atoms. The first-order chi connectivity index (χ1) is 10.2. The standard InChI is InChI=1S/C15H27N3O3/c16-14(19)12-4-1-2-5-13(12)15(20)17-6-3-7-18-8-10-21-11-9-18/h12-13H,1-11H2,(H2,16,19)(H,17,20)/t12-,13+/m0/s1. The van der Waals surface area contributed by atoms with Crippen LogP contribution in [0, 0.1) is 11.8 Å². The summed E-state index contributed by atoms with van der Waals surface area (Å²) >= 11 is 0. The van der Waals surface area contributed by atoms with Crippen LogP contribution >= 0.6 is 0 Å². The molecule has 1 heterocycles. The maximum absolute atomic E-state index is 12.2. The Balaban J connectivity index is 1.67. The van der Waals surface area contributed by atoms with E-state index in [2.05, 4.69) is 10.2 Å². The predicted molar refractivity (Wildman–Crippen MR) is 79.5 cm³/mol. The van der Waals surface area contributed by atoms with E-state index in [-0.39, 0.29) is 23.7 Å². The minimum absolute atomic E-state index is 0.000442. The van der Waals surface area contributed by atoms with Crippen molar-refractivity contribution < 1.29 is 14.3 Å². The van der Waals surface area contributed by atoms with Crippen LogP contribution in [0.3, 0.4) is 0 Å². The van der Waals surface area contributed by atoms with Gasteiger partial charge >= 0.3 is 0 Å². The fourth-order valence-electron chi connectivity index (χ4n) is 3.26. The number of hydrogen-bond donors (Lipinski definition) is 2. The molecule has 6 nitrogen and oxygen atoms in total. The Bertz CT molecular complexity index is 356. The molecule has 6 heteroatoms. The Hall–Kier alpha value is -1.14. The SMILES string of the molecule is NC(=O)[C@H]1CCCC[C@H]1C(=O)NCCCN1CCOCC1. The van der Waals surface area contributed by atoms with Crippen molar-refractivity contribution in [2.45, 2.75) is 32.1 Å². The van der Waals surface area contributed by atoms with E-state index in [1.807, 2.05) is 0 Å². The van der Waals surface area contributed by atoms with E-state index < -0.39 is 0 Å². The van der Waals surface area contributed by atoms with Crippen molar-refractivity contribution in [3.63, 3.8) is 0 Å². The first kappa shape index (κ1) is 16.2. The molecule has 0 radical (unpaired) electrons. The van der Waals surface area contributed by atoms with Crippen LogP contribution in [0.2, 0.25) is 0 Å². The molecule has 0 bridgehead atoms. The minimum Gasteiger partial charge on any atom is -0.379 e. The molecule has 3 N–H and O–H groups in total. The van der Waals surface area contributed by atoms with Crippen LogP contribution in [0.1, 0.15) is 32.1 Å². The van der Waals surface area contributed by atoms with E-state index in [9.17, 15) is 9.59 Å². The van der Waals surface area contributed by atoms with E-state index in [4.69, 9.17) is 10.5 Å². The highest BCUT2D eigenvalue weighted by Gasteiger charge is 2.34. The largest absolute Gasteiger partial charge is 0.379 e. The summed E-state index contributed by atoms with van der Waals surface area (Å²) in [4.78, 5) is 26.0. The Kier molecular flexibility index (Phi) is 6.45. The van der Waals surface area contributed by atoms with Crippen LogP contribution in [-0.2, 0) is 14.3 Å². The number of nitrogens with one attached hydrogen (secondary N) is 1. The zero-order valence-corrected chi connectivity index (χ0v) is 12.7. The van der Waals surface area contributed by atoms with E-state index >= 15 is 0 Å². The Morgan fingerprint density at radius 2 is 1.81 bits per heavy atom. The summed E-state index contributed by atoms with van der Waals surface area (Å²) in [5, 5.41) is 2.97. The van der Waals surface area contributed by atoms with Gasteiger partial charge in [-0.25, -0.2) is 0 Å². The molecule has 2 fully saturated rings. The molecule has 2 rings (SSSR count). The van der Waals surface area contributed by atoms with Crippen LogP contribution in [0.4, 0.5) is 0 Å². The van der Waals surface area contributed by atoms with Gasteiger partial charge < -0.3 is 15.8 Å². The molecular weight excluding hydrogens is 270 g/mol. The summed E-state index contributed by atoms with van der Waals surface area (Å²) < 4.78 is 5.30. The number of primary amides is 1. The number of ether oxygens (including phenoxy) is 1. The summed E-state index contributed by atoms with van der Waals surface area (Å²) in [5.74, 6) is -0.832. The second-order valence-corrected chi connectivity index (χ2v) is 6.00. The molecule has 120 valence electrons. The van der Waals surface area contributed by atoms with Gasteiger partial charge in [0, 0.05) is 31.5 Å². The number of nitrogens with zero attached hydrogens (tertiary/aromatic N) is 1. The number of morpholine rings is 1. The fourth-order valence-corrected chi connectivity index (χ4v) is 3.26. The molecule has 0 aromatic rings. The number of hydrogen-bond acceptors (Lipinski definition) is 4. The average molecular weight is 297 g/mol. The summed E-state index contributed by atoms with van der Waals surface area (Å²) in [6.45, 7) is 5.19. The summed E-state index contributed by atoms with van der Waals surface area (Å²) in [5.41, 5.74) is 5.41. The Morgan fingerprint density at radius 3 is 2.48 bits per heavy atom. The van der Waals surface area contributed by atoms with Gasteiger partial charge in [0.25, 0.3) is 0 Å². The predicted octanol–water partition coefficient (Wildman–Crippen LogP) is 0.117. The molecule has 0 aromatic heterocycles. The zero-order valence-electron chi connectivity index (χ0n) is 12.7. The first-order valence-corrected chi connectivity index (χ1v) is 8.05. The maximum atomic E-state index is 12.2. The molecule has 1 aliphatic carbocycles. The number of carbonyl (C=O) groups is 2. The first-order valence-electron chi connectivity index (χ1n) is 8.05. The quantitative estimate of drug-likeness (QED) is 0.682. The third kappa shape index (κ3) is 4.97. The van der Waals surface area contributed by atoms with Crippen LogP contribution in [0.25, 0.3) is 0 Å². The van der Waals surface area contributed by atoms with Gasteiger partial charge in [0.15, 0.2) is 0 Å². The van der Waals surface area contributed by atoms with Crippen LogP contribution < -0.4 is 11.1 Å². The number of rotatable bonds is 6. The number of nitrogens with two attached hydrogens (primary N) is 1. The topological polar surface area (TPSA) is 84.7 Å². The number of amides is 2. The second-order valence-electron chi connectivity index (χ2n) is 6.00. The monoisotopic (exact) mass is 297 g/mol. The third-order valence-corrected chi connectivity index (χ3v) is 4.52. The average Bonchev–Trinajstić information content (AvgIpc) is 2.52. The Morgan fingerprint density at radius 1 is 1.14 bits per heavy atom. The van der Waals surface area contributed by atoms with Gasteiger partial charge in [-0.2, -0.15) is 0 Å². The minimum atomic E-state index is -0.330. The molecular formula is C15H27N3O3. The molecule has 1 aliphatic heterocycles. The van der Waals surface area contributed by atoms with Crippen LogP contribution in [0.5, 0.6) is 0 Å². The highest BCUT2D eigenvalue weighted by molar-refractivity contribution is 5.87. The summed E-state index contributed by atoms with van der Waals surface area (Å²) in [6, 6.07) is 0. The summed E-state index contributed by atoms with van der Waals surface area (Å²) in [6.07, 6.45) is 4.47. The van der Waals surface area contributed by atoms with Gasteiger partial charge in [0.2, 0.25) is 11.8 Å². The van der Waals surface area contributed by atoms with E-state index in [1.165, 1.54) is 0 Å². The number of carbonyl (C=O) groups excluding carboxylic acids is 2. The van der Waals surface area contributed by atoms with Crippen molar-refractivity contribution in [2.24, 2.45) is 17.6 Å². The van der Waals surface area contributed by atoms with Gasteiger partial charge in [0.1, 0.15) is 0 Å². The maximum Gasteiger partial charge on any atom is 0.223 e. The smallest absolute Gasteiger partial charge is 0.223 e. The molecule has 1 saturated heterocycles. The van der Waals surface area contributed by atoms with Gasteiger partial charge in [-0.05, 0) is 25.8 Å². The highest BCUT2D eigenvalue weighted by Crippen LogP contribution is 2.29. The zero-order chi connectivity index (χ0) is 15.1. The van der Waals surface area contributed by atoms with Gasteiger partial charge in [0.05, 0.1) is 13.2 Å². The lowest BCUT2D eigenvalue weighted by Gasteiger charge is -2.29. The molecule has 1 saturated carbocycles. The lowest BCUT2D eigenvalue weighted by Crippen LogP contribution is -2.43. The molecule has 21 heavy (non-hydrogen) atoms. The van der Waals surface area contributed by atoms with E-state index in [0.29, 0.717) is 6.54 Å². The van der Waals surface area contributed by atoms with Crippen molar-refractivity contribution in [1.82, 2.24) is 10.2 Å². The van der Waals surface area contributed by atoms with E-state index in [0.717, 1.165) is 65.0 Å². The van der Waals surface area contributed by atoms with Crippen LogP contribution in [-0.4, -0.2) is 56.1 Å². The van der Waals surface area contributed by atoms with Crippen LogP contribution in [0.15, 0.2) is 0 Å². The van der Waals surface area contributed by atoms with E-state index in [1.54, 1.807) is 0 Å². The highest BCUT2D eigenvalue weighted by atomic mass is 16.5. The summed E-state index contributed by atoms with van der Waals surface area (Å²) in [7, 11) is 0. The third-order valence-electron chi connectivity index (χ3n) is 4.52. The molecule has 2 aliphatic rings. The molecule has 2 atom stereocenters. The van der Waals surface area contributed by atoms with Crippen molar-refractivity contribution in [3.05, 3.63) is 0 Å². The normalized spacial score (nSPS) is 27.2. The van der Waals surface area contributed by atoms with Crippen molar-refractivity contribution >= 4 is 11.8 Å². The molecule has 2 amide bonds. The van der Waals surface area contributed by atoms with Gasteiger partial charge in [-0.1, -0.05) is 12.8 Å². The molecule has 0 aromatic carbocycles. The fraction of sp³-hybridized carbons (Fsp3) is 0.867. The van der Waals surface area contributed by atoms with Crippen molar-refractivity contribution in [2.75, 3.05) is 39.4 Å². The Labute approximate surface area is 126 Å². The second kappa shape index (κ2) is 8.34. The van der Waals surface area contributed by atoms with Crippen molar-refractivity contribution in [3.8, 4) is 0 Å². The lowest BCUT2D eigenvalue weighted by molar-refractivity contribution is -0.134. The lowest BCUT2D eigenvalue weighted by atomic mass is 9.78. The molecule has 0 unspecified atom stereocenters. The van der Waals surface area contributed by atoms with Gasteiger partial charge in [-0.3, -0.25) is 14.5 Å².